The zero-order chi connectivity index (χ0) is 13.4. The second-order valence-corrected chi connectivity index (χ2v) is 5.30. The Morgan fingerprint density at radius 2 is 1.78 bits per heavy atom. The predicted molar refractivity (Wildman–Crippen MR) is 77.9 cm³/mol. The molecule has 2 nitrogen and oxygen atoms in total. The summed E-state index contributed by atoms with van der Waals surface area (Å²) in [7, 11) is 2.19. The molecule has 102 valence electrons. The Kier molecular flexibility index (Phi) is 6.99. The molecule has 1 rings (SSSR count). The number of aliphatic hydroxyl groups is 1. The fraction of sp³-hybridized carbons (Fsp3) is 0.625. The maximum atomic E-state index is 8.74. The predicted octanol–water partition coefficient (Wildman–Crippen LogP) is 3.02. The van der Waals surface area contributed by atoms with Gasteiger partial charge in [0.2, 0.25) is 0 Å². The monoisotopic (exact) mass is 249 g/mol. The Bertz CT molecular complexity index is 320. The lowest BCUT2D eigenvalue weighted by Crippen LogP contribution is -2.31. The van der Waals surface area contributed by atoms with E-state index >= 15 is 0 Å². The molecule has 0 amide bonds. The first-order valence-electron chi connectivity index (χ1n) is 7.00. The first kappa shape index (κ1) is 15.2. The molecule has 0 fully saturated rings. The van der Waals surface area contributed by atoms with Crippen molar-refractivity contribution in [2.24, 2.45) is 0 Å². The first-order chi connectivity index (χ1) is 8.63. The molecule has 0 aromatic heterocycles. The lowest BCUT2D eigenvalue weighted by Gasteiger charge is -2.24. The third-order valence-corrected chi connectivity index (χ3v) is 3.57. The van der Waals surface area contributed by atoms with Crippen molar-refractivity contribution >= 4 is 0 Å². The van der Waals surface area contributed by atoms with Crippen LogP contribution in [0, 0.1) is 6.92 Å². The van der Waals surface area contributed by atoms with Crippen LogP contribution in [0.15, 0.2) is 24.3 Å². The number of benzene rings is 1. The molecule has 1 N–H and O–H groups in total. The van der Waals surface area contributed by atoms with E-state index in [-0.39, 0.29) is 0 Å². The van der Waals surface area contributed by atoms with Gasteiger partial charge < -0.3 is 10.0 Å². The molecule has 2 heteroatoms. The Morgan fingerprint density at radius 3 is 2.39 bits per heavy atom. The van der Waals surface area contributed by atoms with Crippen LogP contribution < -0.4 is 0 Å². The molecule has 0 spiro atoms. The van der Waals surface area contributed by atoms with Crippen molar-refractivity contribution in [1.29, 1.82) is 0 Å². The topological polar surface area (TPSA) is 23.5 Å². The van der Waals surface area contributed by atoms with Crippen LogP contribution in [0.1, 0.15) is 37.3 Å². The summed E-state index contributed by atoms with van der Waals surface area (Å²) in [6.07, 6.45) is 4.34. The van der Waals surface area contributed by atoms with E-state index in [0.29, 0.717) is 12.6 Å². The molecule has 0 aliphatic heterocycles. The third kappa shape index (κ3) is 5.65. The van der Waals surface area contributed by atoms with Gasteiger partial charge in [-0.2, -0.15) is 0 Å². The maximum Gasteiger partial charge on any atom is 0.0431 e. The zero-order valence-electron chi connectivity index (χ0n) is 12.0. The van der Waals surface area contributed by atoms with Gasteiger partial charge in [0.05, 0.1) is 0 Å². The minimum absolute atomic E-state index is 0.322. The van der Waals surface area contributed by atoms with Crippen molar-refractivity contribution in [1.82, 2.24) is 4.90 Å². The number of unbranched alkanes of at least 4 members (excludes halogenated alkanes) is 2. The highest BCUT2D eigenvalue weighted by Crippen LogP contribution is 2.10. The summed E-state index contributed by atoms with van der Waals surface area (Å²) < 4.78 is 0. The lowest BCUT2D eigenvalue weighted by atomic mass is 10.0. The molecule has 1 unspecified atom stereocenters. The molecule has 0 saturated heterocycles. The minimum Gasteiger partial charge on any atom is -0.396 e. The van der Waals surface area contributed by atoms with E-state index in [1.807, 2.05) is 0 Å². The first-order valence-corrected chi connectivity index (χ1v) is 7.00. The standard InChI is InChI=1S/C16H27NO/c1-14-7-9-16(10-8-14)13-15(2)17(3)11-5-4-6-12-18/h7-10,15,18H,4-6,11-13H2,1-3H3. The van der Waals surface area contributed by atoms with E-state index in [2.05, 4.69) is 50.1 Å². The SMILES string of the molecule is Cc1ccc(CC(C)N(C)CCCCCO)cc1. The number of aliphatic hydroxyl groups excluding tert-OH is 1. The number of nitrogens with zero attached hydrogens (tertiary/aromatic N) is 1. The fourth-order valence-corrected chi connectivity index (χ4v) is 2.09. The Hall–Kier alpha value is -0.860. The summed E-state index contributed by atoms with van der Waals surface area (Å²) in [5, 5.41) is 8.74. The molecular weight excluding hydrogens is 222 g/mol. The summed E-state index contributed by atoms with van der Waals surface area (Å²) in [4.78, 5) is 2.41. The summed E-state index contributed by atoms with van der Waals surface area (Å²) in [5.41, 5.74) is 2.74. The smallest absolute Gasteiger partial charge is 0.0431 e. The molecular formula is C16H27NO. The Morgan fingerprint density at radius 1 is 1.11 bits per heavy atom. The van der Waals surface area contributed by atoms with Gasteiger partial charge in [-0.3, -0.25) is 0 Å². The largest absolute Gasteiger partial charge is 0.396 e. The molecule has 0 aliphatic carbocycles. The van der Waals surface area contributed by atoms with Gasteiger partial charge in [-0.15, -0.1) is 0 Å². The highest BCUT2D eigenvalue weighted by atomic mass is 16.2. The molecule has 1 aromatic carbocycles. The van der Waals surface area contributed by atoms with E-state index in [1.54, 1.807) is 0 Å². The second kappa shape index (κ2) is 8.28. The number of aryl methyl sites for hydroxylation is 1. The lowest BCUT2D eigenvalue weighted by molar-refractivity contribution is 0.241. The van der Waals surface area contributed by atoms with Crippen molar-refractivity contribution in [2.75, 3.05) is 20.2 Å². The molecule has 0 radical (unpaired) electrons. The highest BCUT2D eigenvalue weighted by Gasteiger charge is 2.09. The van der Waals surface area contributed by atoms with Crippen molar-refractivity contribution in [2.45, 2.75) is 45.6 Å². The molecule has 1 aromatic rings. The molecule has 18 heavy (non-hydrogen) atoms. The van der Waals surface area contributed by atoms with Crippen LogP contribution in [-0.2, 0) is 6.42 Å². The van der Waals surface area contributed by atoms with Crippen LogP contribution in [0.25, 0.3) is 0 Å². The van der Waals surface area contributed by atoms with Gasteiger partial charge in [-0.25, -0.2) is 0 Å². The molecule has 0 heterocycles. The number of hydrogen-bond donors (Lipinski definition) is 1. The van der Waals surface area contributed by atoms with Gasteiger partial charge in [-0.05, 0) is 58.7 Å². The van der Waals surface area contributed by atoms with Gasteiger partial charge >= 0.3 is 0 Å². The summed E-state index contributed by atoms with van der Waals surface area (Å²) in [6.45, 7) is 5.85. The highest BCUT2D eigenvalue weighted by molar-refractivity contribution is 5.21. The van der Waals surface area contributed by atoms with Crippen LogP contribution in [0.2, 0.25) is 0 Å². The summed E-state index contributed by atoms with van der Waals surface area (Å²) in [6, 6.07) is 9.39. The van der Waals surface area contributed by atoms with Crippen molar-refractivity contribution in [3.8, 4) is 0 Å². The van der Waals surface area contributed by atoms with Crippen molar-refractivity contribution in [3.63, 3.8) is 0 Å². The summed E-state index contributed by atoms with van der Waals surface area (Å²) in [5.74, 6) is 0. The molecule has 0 aliphatic rings. The van der Waals surface area contributed by atoms with Crippen molar-refractivity contribution in [3.05, 3.63) is 35.4 Å². The Labute approximate surface area is 112 Å². The number of hydrogen-bond acceptors (Lipinski definition) is 2. The molecule has 0 saturated carbocycles. The van der Waals surface area contributed by atoms with Gasteiger partial charge in [0.25, 0.3) is 0 Å². The van der Waals surface area contributed by atoms with Gasteiger partial charge in [-0.1, -0.05) is 29.8 Å². The fourth-order valence-electron chi connectivity index (χ4n) is 2.09. The van der Waals surface area contributed by atoms with E-state index in [4.69, 9.17) is 5.11 Å². The van der Waals surface area contributed by atoms with Crippen LogP contribution in [0.3, 0.4) is 0 Å². The van der Waals surface area contributed by atoms with E-state index in [0.717, 1.165) is 25.8 Å². The van der Waals surface area contributed by atoms with Crippen molar-refractivity contribution < 1.29 is 5.11 Å². The van der Waals surface area contributed by atoms with E-state index in [9.17, 15) is 0 Å². The minimum atomic E-state index is 0.322. The van der Waals surface area contributed by atoms with E-state index < -0.39 is 0 Å². The van der Waals surface area contributed by atoms with Crippen LogP contribution in [-0.4, -0.2) is 36.2 Å². The molecule has 0 bridgehead atoms. The number of likely N-dealkylation sites (N-methyl/N-ethyl adjacent to an activating group) is 1. The quantitative estimate of drug-likeness (QED) is 0.716. The number of rotatable bonds is 8. The normalized spacial score (nSPS) is 12.9. The van der Waals surface area contributed by atoms with Crippen LogP contribution >= 0.6 is 0 Å². The average Bonchev–Trinajstić information content (AvgIpc) is 2.37. The maximum absolute atomic E-state index is 8.74. The third-order valence-electron chi connectivity index (χ3n) is 3.57. The molecule has 1 atom stereocenters. The van der Waals surface area contributed by atoms with Crippen LogP contribution in [0.4, 0.5) is 0 Å². The van der Waals surface area contributed by atoms with Crippen LogP contribution in [0.5, 0.6) is 0 Å². The average molecular weight is 249 g/mol. The van der Waals surface area contributed by atoms with Gasteiger partial charge in [0.15, 0.2) is 0 Å². The van der Waals surface area contributed by atoms with Gasteiger partial charge in [0, 0.05) is 12.6 Å². The zero-order valence-corrected chi connectivity index (χ0v) is 12.0. The van der Waals surface area contributed by atoms with E-state index in [1.165, 1.54) is 17.5 Å². The Balaban J connectivity index is 2.30. The second-order valence-electron chi connectivity index (χ2n) is 5.30. The summed E-state index contributed by atoms with van der Waals surface area (Å²) >= 11 is 0. The van der Waals surface area contributed by atoms with Gasteiger partial charge in [0.1, 0.15) is 0 Å².